The zero-order valence-corrected chi connectivity index (χ0v) is 49.6. The van der Waals surface area contributed by atoms with Gasteiger partial charge in [-0.25, -0.2) is 0 Å². The molecule has 3 heterocycles. The van der Waals surface area contributed by atoms with Crippen LogP contribution in [0.1, 0.15) is 161 Å². The number of β-amino-alcohol motifs (C(OH)–C–C–N with tert-alkyl or cyclic N) is 1. The van der Waals surface area contributed by atoms with Crippen molar-refractivity contribution in [1.82, 2.24) is 15.6 Å². The van der Waals surface area contributed by atoms with E-state index in [9.17, 15) is 30.3 Å². The number of aromatic amines is 1. The third kappa shape index (κ3) is 12.2. The van der Waals surface area contributed by atoms with Gasteiger partial charge in [0.15, 0.2) is 29.2 Å². The molecule has 0 radical (unpaired) electrons. The second-order valence-corrected chi connectivity index (χ2v) is 26.4. The molecule has 12 rings (SSSR count). The normalized spacial score (nSPS) is 31.0. The van der Waals surface area contributed by atoms with Crippen molar-refractivity contribution in [1.29, 1.82) is 0 Å². The number of hydrogen-bond acceptors (Lipinski definition) is 11. The number of aliphatic hydroxyl groups excluding tert-OH is 3. The van der Waals surface area contributed by atoms with Crippen molar-refractivity contribution in [2.45, 2.75) is 164 Å². The lowest BCUT2D eigenvalue weighted by molar-refractivity contribution is -0.142. The summed E-state index contributed by atoms with van der Waals surface area (Å²) in [6.45, 7) is 3.70. The Balaban J connectivity index is 1.02. The first-order valence-electron chi connectivity index (χ1n) is 31.9. The van der Waals surface area contributed by atoms with Crippen LogP contribution in [0.2, 0.25) is 0 Å². The van der Waals surface area contributed by atoms with Gasteiger partial charge in [-0.05, 0) is 169 Å². The summed E-state index contributed by atoms with van der Waals surface area (Å²) in [5.74, 6) is 13.2. The highest BCUT2D eigenvalue weighted by Crippen LogP contribution is 2.54. The highest BCUT2D eigenvalue weighted by molar-refractivity contribution is 6.06. The number of carbonyl (C=O) groups excluding carboxylic acids is 2. The van der Waals surface area contributed by atoms with Gasteiger partial charge in [0, 0.05) is 78.6 Å². The van der Waals surface area contributed by atoms with Crippen molar-refractivity contribution < 1.29 is 39.9 Å². The number of H-pyrrole nitrogens is 1. The Hall–Kier alpha value is -6.80. The summed E-state index contributed by atoms with van der Waals surface area (Å²) in [4.78, 5) is 33.9. The SMILES string of the molecule is COc1cc2c(cc1O)C(c1ccccc1)C#CC1CC3CC4=CCNC(=C4)Nc4ccc5ccc(c(O)c5c4)CC(O)CNCC(C)c4c[nH]c(c4)C45CCCCC4C#CC4(CCCCC4)CCCC(C(C3)CC1C(=O)C(O)C(=O)CC2)C5O. The summed E-state index contributed by atoms with van der Waals surface area (Å²) in [5, 5.41) is 73.2. The van der Waals surface area contributed by atoms with E-state index in [2.05, 4.69) is 76.0 Å². The van der Waals surface area contributed by atoms with Crippen LogP contribution < -0.4 is 20.7 Å². The van der Waals surface area contributed by atoms with Crippen molar-refractivity contribution in [3.8, 4) is 40.9 Å². The predicted octanol–water partition coefficient (Wildman–Crippen LogP) is 11.5. The van der Waals surface area contributed by atoms with Gasteiger partial charge in [-0.15, -0.1) is 0 Å². The van der Waals surface area contributed by atoms with Crippen molar-refractivity contribution in [2.75, 3.05) is 32.1 Å². The number of methoxy groups -OCH3 is 1. The fraction of sp³-hybridized carbons (Fsp3) is 0.507. The van der Waals surface area contributed by atoms with Crippen LogP contribution in [-0.2, 0) is 27.8 Å². The van der Waals surface area contributed by atoms with Gasteiger partial charge in [0.25, 0.3) is 0 Å². The van der Waals surface area contributed by atoms with Crippen LogP contribution in [0.3, 0.4) is 0 Å². The van der Waals surface area contributed by atoms with Crippen LogP contribution in [0, 0.1) is 64.6 Å². The standard InChI is InChI=1S/C73H86N4O8/c1-45-42-74-44-57(78)36-52-17-16-49-18-21-56(40-62(49)68(52)81)77-67-35-46(25-31-75-67)32-47-33-50-19-22-58(48-12-5-3-6-13-48)60-41-64(80)65(85-2)38-51(60)20-23-63(79)70(83)69(82)61(50)37-53(34-47)59-15-11-28-72(26-8-4-9-27-72)30-24-55-14-7-10-29-73(55,71(59)84)66-39-54(45)43-76-66/h3,5-6,12-13,16-18,21,25,35,38-41,43,45,47,50,53,55,57-59,61,70-71,74-78,80-81,83-84H,4,7-11,14-15,20,23,26-29,31-34,36-37,42,44H2,1-2H3. The maximum absolute atomic E-state index is 15.6. The minimum absolute atomic E-state index is 0.0306. The van der Waals surface area contributed by atoms with E-state index in [1.54, 1.807) is 12.1 Å². The molecule has 5 aromatic rings. The Labute approximate surface area is 501 Å². The largest absolute Gasteiger partial charge is 0.507 e. The average Bonchev–Trinajstić information content (AvgIpc) is 3.60. The summed E-state index contributed by atoms with van der Waals surface area (Å²) < 4.78 is 5.59. The second kappa shape index (κ2) is 25.3. The average molecular weight is 1150 g/mol. The predicted molar refractivity (Wildman–Crippen MR) is 333 cm³/mol. The van der Waals surface area contributed by atoms with Crippen molar-refractivity contribution in [2.24, 2.45) is 40.9 Å². The van der Waals surface area contributed by atoms with Crippen molar-refractivity contribution >= 4 is 28.0 Å². The third-order valence-electron chi connectivity index (χ3n) is 21.1. The van der Waals surface area contributed by atoms with Gasteiger partial charge in [-0.2, -0.15) is 0 Å². The number of rotatable bonds is 2. The van der Waals surface area contributed by atoms with E-state index in [0.29, 0.717) is 56.3 Å². The number of anilines is 1. The molecule has 9 N–H and O–H groups in total. The Bertz CT molecular complexity index is 3460. The molecule has 4 aromatic carbocycles. The number of Topliss-reactive ketones (excluding diaryl/α,β-unsaturated/α-hetero) is 2. The molecular weight excluding hydrogens is 1060 g/mol. The molecule has 0 amide bonds. The molecule has 5 aliphatic carbocycles. The lowest BCUT2D eigenvalue weighted by atomic mass is 9.55. The molecule has 12 atom stereocenters. The number of allylic oxidation sites excluding steroid dienone is 2. The number of benzene rings is 4. The van der Waals surface area contributed by atoms with E-state index in [4.69, 9.17) is 4.74 Å². The first-order valence-corrected chi connectivity index (χ1v) is 31.9. The lowest BCUT2D eigenvalue weighted by Crippen LogP contribution is -2.53. The number of aliphatic hydroxyl groups is 3. The summed E-state index contributed by atoms with van der Waals surface area (Å²) in [6.07, 6.45) is 17.5. The van der Waals surface area contributed by atoms with E-state index >= 15 is 4.79 Å². The zero-order chi connectivity index (χ0) is 58.8. The number of carbonyl (C=O) groups is 2. The number of aryl methyl sites for hydroxylation is 1. The van der Waals surface area contributed by atoms with Gasteiger partial charge in [0.2, 0.25) is 0 Å². The number of nitrogens with one attached hydrogen (secondary N) is 4. The van der Waals surface area contributed by atoms with Gasteiger partial charge in [-0.1, -0.05) is 124 Å². The third-order valence-corrected chi connectivity index (χ3v) is 21.1. The van der Waals surface area contributed by atoms with Gasteiger partial charge < -0.3 is 51.2 Å². The first-order chi connectivity index (χ1) is 41.3. The van der Waals surface area contributed by atoms with Crippen LogP contribution in [-0.4, -0.2) is 87.1 Å². The molecule has 0 saturated heterocycles. The van der Waals surface area contributed by atoms with Gasteiger partial charge in [0.1, 0.15) is 11.6 Å². The van der Waals surface area contributed by atoms with Gasteiger partial charge in [-0.3, -0.25) is 9.59 Å². The molecular formula is C73H86N4O8. The number of phenols is 2. The molecule has 11 bridgehead atoms. The molecule has 446 valence electrons. The fourth-order valence-corrected chi connectivity index (χ4v) is 16.4. The first kappa shape index (κ1) is 58.6. The molecule has 12 heteroatoms. The lowest BCUT2D eigenvalue weighted by Gasteiger charge is -2.50. The van der Waals surface area contributed by atoms with E-state index in [1.807, 2.05) is 60.7 Å². The highest BCUT2D eigenvalue weighted by Gasteiger charge is 2.54. The molecule has 12 nitrogen and oxygen atoms in total. The van der Waals surface area contributed by atoms with Crippen LogP contribution in [0.15, 0.2) is 109 Å². The molecule has 85 heavy (non-hydrogen) atoms. The topological polar surface area (TPSA) is 196 Å². The Morgan fingerprint density at radius 2 is 1.56 bits per heavy atom. The molecule has 12 unspecified atom stereocenters. The van der Waals surface area contributed by atoms with Crippen LogP contribution in [0.5, 0.6) is 17.2 Å². The summed E-state index contributed by atoms with van der Waals surface area (Å²) in [5.41, 5.74) is 6.25. The van der Waals surface area contributed by atoms with Crippen molar-refractivity contribution in [3.63, 3.8) is 0 Å². The minimum Gasteiger partial charge on any atom is -0.507 e. The molecule has 1 aromatic heterocycles. The number of dihydropyridines is 1. The molecule has 2 aliphatic heterocycles. The van der Waals surface area contributed by atoms with Crippen molar-refractivity contribution in [3.05, 3.63) is 142 Å². The van der Waals surface area contributed by atoms with E-state index in [0.717, 1.165) is 121 Å². The number of ether oxygens (including phenoxy) is 1. The summed E-state index contributed by atoms with van der Waals surface area (Å²) in [6, 6.07) is 25.6. The number of ketones is 2. The quantitative estimate of drug-likeness (QED) is 0.0603. The van der Waals surface area contributed by atoms with Gasteiger partial charge >= 0.3 is 0 Å². The molecule has 2 spiro atoms. The zero-order valence-electron chi connectivity index (χ0n) is 49.6. The number of aromatic nitrogens is 1. The fourth-order valence-electron chi connectivity index (χ4n) is 16.4. The maximum atomic E-state index is 15.6. The molecule has 7 aliphatic rings. The number of aromatic hydroxyl groups is 2. The Morgan fingerprint density at radius 1 is 0.753 bits per heavy atom. The molecule has 3 fully saturated rings. The Kier molecular flexibility index (Phi) is 17.4. The second-order valence-electron chi connectivity index (χ2n) is 26.4. The van der Waals surface area contributed by atoms with E-state index in [1.165, 1.54) is 13.5 Å². The summed E-state index contributed by atoms with van der Waals surface area (Å²) in [7, 11) is 1.49. The number of fused-ring (bicyclic) bond motifs is 11. The monoisotopic (exact) mass is 1150 g/mol. The highest BCUT2D eigenvalue weighted by atomic mass is 16.5. The minimum atomic E-state index is -1.86. The van der Waals surface area contributed by atoms with Crippen LogP contribution in [0.25, 0.3) is 10.8 Å². The Morgan fingerprint density at radius 3 is 2.40 bits per heavy atom. The number of hydrogen-bond donors (Lipinski definition) is 9. The van der Waals surface area contributed by atoms with Crippen LogP contribution in [0.4, 0.5) is 5.69 Å². The van der Waals surface area contributed by atoms with Crippen LogP contribution >= 0.6 is 0 Å². The smallest absolute Gasteiger partial charge is 0.173 e. The maximum Gasteiger partial charge on any atom is 0.173 e. The number of phenolic OH excluding ortho intramolecular Hbond substituents is 2. The van der Waals surface area contributed by atoms with E-state index in [-0.39, 0.29) is 71.5 Å². The molecule has 3 saturated carbocycles. The van der Waals surface area contributed by atoms with Gasteiger partial charge in [0.05, 0.1) is 30.7 Å². The summed E-state index contributed by atoms with van der Waals surface area (Å²) >= 11 is 0. The van der Waals surface area contributed by atoms with E-state index < -0.39 is 53.0 Å².